The first kappa shape index (κ1) is 14.1. The summed E-state index contributed by atoms with van der Waals surface area (Å²) in [5, 5.41) is 2.88. The van der Waals surface area contributed by atoms with E-state index in [0.717, 1.165) is 16.9 Å². The van der Waals surface area contributed by atoms with Crippen molar-refractivity contribution < 1.29 is 9.53 Å². The molecule has 0 bridgehead atoms. The molecule has 0 radical (unpaired) electrons. The maximum Gasteiger partial charge on any atom is 0.251 e. The molecule has 2 aromatic rings. The van der Waals surface area contributed by atoms with Gasteiger partial charge in [0.05, 0.1) is 7.11 Å². The van der Waals surface area contributed by atoms with Crippen LogP contribution in [-0.4, -0.2) is 13.0 Å². The summed E-state index contributed by atoms with van der Waals surface area (Å²) in [6.07, 6.45) is 0. The van der Waals surface area contributed by atoms with Gasteiger partial charge in [-0.3, -0.25) is 4.79 Å². The number of nitrogens with two attached hydrogens (primary N) is 1. The molecule has 0 aliphatic carbocycles. The van der Waals surface area contributed by atoms with E-state index in [1.165, 1.54) is 0 Å². The molecule has 0 aliphatic heterocycles. The number of nitrogens with one attached hydrogen (secondary N) is 1. The van der Waals surface area contributed by atoms with Crippen LogP contribution in [0.25, 0.3) is 0 Å². The lowest BCUT2D eigenvalue weighted by molar-refractivity contribution is 0.0951. The highest BCUT2D eigenvalue weighted by molar-refractivity contribution is 5.94. The fourth-order valence-electron chi connectivity index (χ4n) is 1.86. The number of ether oxygens (including phenoxy) is 1. The zero-order chi connectivity index (χ0) is 14.4. The van der Waals surface area contributed by atoms with Gasteiger partial charge in [0, 0.05) is 18.7 Å². The molecule has 0 aliphatic rings. The number of carbonyl (C=O) groups is 1. The molecule has 1 amide bonds. The number of rotatable bonds is 5. The Morgan fingerprint density at radius 2 is 1.90 bits per heavy atom. The van der Waals surface area contributed by atoms with Crippen molar-refractivity contribution in [2.75, 3.05) is 7.11 Å². The molecule has 20 heavy (non-hydrogen) atoms. The number of amides is 1. The summed E-state index contributed by atoms with van der Waals surface area (Å²) in [4.78, 5) is 12.0. The van der Waals surface area contributed by atoms with Crippen molar-refractivity contribution >= 4 is 5.91 Å². The minimum atomic E-state index is -0.101. The molecule has 0 spiro atoms. The van der Waals surface area contributed by atoms with Crippen molar-refractivity contribution in [3.8, 4) is 5.75 Å². The summed E-state index contributed by atoms with van der Waals surface area (Å²) in [5.74, 6) is 0.681. The molecule has 0 saturated heterocycles. The van der Waals surface area contributed by atoms with Crippen LogP contribution in [0.3, 0.4) is 0 Å². The lowest BCUT2D eigenvalue weighted by Crippen LogP contribution is -2.22. The van der Waals surface area contributed by atoms with Crippen LogP contribution < -0.4 is 15.8 Å². The smallest absolute Gasteiger partial charge is 0.251 e. The molecule has 0 saturated carbocycles. The number of hydrogen-bond acceptors (Lipinski definition) is 3. The molecule has 0 fully saturated rings. The third-order valence-corrected chi connectivity index (χ3v) is 3.04. The van der Waals surface area contributed by atoms with E-state index in [2.05, 4.69) is 5.32 Å². The maximum atomic E-state index is 12.0. The van der Waals surface area contributed by atoms with Crippen LogP contribution in [-0.2, 0) is 13.1 Å². The third kappa shape index (κ3) is 3.59. The van der Waals surface area contributed by atoms with Gasteiger partial charge in [0.25, 0.3) is 5.91 Å². The van der Waals surface area contributed by atoms with Crippen molar-refractivity contribution in [3.63, 3.8) is 0 Å². The lowest BCUT2D eigenvalue weighted by Gasteiger charge is -2.07. The molecule has 3 N–H and O–H groups in total. The fourth-order valence-corrected chi connectivity index (χ4v) is 1.86. The first-order valence-electron chi connectivity index (χ1n) is 6.43. The minimum absolute atomic E-state index is 0.101. The van der Waals surface area contributed by atoms with E-state index in [1.54, 1.807) is 19.2 Å². The quantitative estimate of drug-likeness (QED) is 0.874. The van der Waals surface area contributed by atoms with Crippen molar-refractivity contribution in [1.29, 1.82) is 0 Å². The van der Waals surface area contributed by atoms with Crippen molar-refractivity contribution in [3.05, 3.63) is 65.2 Å². The van der Waals surface area contributed by atoms with Gasteiger partial charge in [-0.1, -0.05) is 24.3 Å². The predicted molar refractivity (Wildman–Crippen MR) is 78.5 cm³/mol. The van der Waals surface area contributed by atoms with E-state index in [4.69, 9.17) is 10.5 Å². The van der Waals surface area contributed by atoms with Gasteiger partial charge in [0.15, 0.2) is 0 Å². The molecule has 0 atom stereocenters. The summed E-state index contributed by atoms with van der Waals surface area (Å²) < 4.78 is 5.15. The Bertz CT molecular complexity index is 579. The first-order valence-corrected chi connectivity index (χ1v) is 6.43. The highest BCUT2D eigenvalue weighted by Crippen LogP contribution is 2.12. The molecular formula is C16H18N2O2. The van der Waals surface area contributed by atoms with Gasteiger partial charge in [-0.15, -0.1) is 0 Å². The van der Waals surface area contributed by atoms with Crippen LogP contribution >= 0.6 is 0 Å². The molecule has 4 heteroatoms. The Hall–Kier alpha value is -2.33. The normalized spacial score (nSPS) is 10.1. The number of benzene rings is 2. The maximum absolute atomic E-state index is 12.0. The SMILES string of the molecule is COc1cccc(CNC(=O)c2ccc(CN)cc2)c1. The predicted octanol–water partition coefficient (Wildman–Crippen LogP) is 2.08. The molecule has 4 nitrogen and oxygen atoms in total. The summed E-state index contributed by atoms with van der Waals surface area (Å²) in [6, 6.07) is 14.9. The van der Waals surface area contributed by atoms with Gasteiger partial charge in [0.1, 0.15) is 5.75 Å². The first-order chi connectivity index (χ1) is 9.72. The minimum Gasteiger partial charge on any atom is -0.497 e. The monoisotopic (exact) mass is 270 g/mol. The summed E-state index contributed by atoms with van der Waals surface area (Å²) in [5.41, 5.74) is 8.16. The average molecular weight is 270 g/mol. The van der Waals surface area contributed by atoms with E-state index in [-0.39, 0.29) is 5.91 Å². The van der Waals surface area contributed by atoms with Crippen LogP contribution in [0.4, 0.5) is 0 Å². The van der Waals surface area contributed by atoms with E-state index >= 15 is 0 Å². The van der Waals surface area contributed by atoms with Crippen LogP contribution in [0.5, 0.6) is 5.75 Å². The van der Waals surface area contributed by atoms with E-state index in [9.17, 15) is 4.79 Å². The summed E-state index contributed by atoms with van der Waals surface area (Å²) in [7, 11) is 1.62. The Morgan fingerprint density at radius 1 is 1.15 bits per heavy atom. The van der Waals surface area contributed by atoms with E-state index in [1.807, 2.05) is 36.4 Å². The second-order valence-corrected chi connectivity index (χ2v) is 4.44. The van der Waals surface area contributed by atoms with Gasteiger partial charge < -0.3 is 15.8 Å². The third-order valence-electron chi connectivity index (χ3n) is 3.04. The molecule has 0 aromatic heterocycles. The van der Waals surface area contributed by atoms with Crippen LogP contribution in [0.2, 0.25) is 0 Å². The molecular weight excluding hydrogens is 252 g/mol. The second kappa shape index (κ2) is 6.73. The fraction of sp³-hybridized carbons (Fsp3) is 0.188. The molecule has 2 aromatic carbocycles. The van der Waals surface area contributed by atoms with E-state index < -0.39 is 0 Å². The van der Waals surface area contributed by atoms with Gasteiger partial charge >= 0.3 is 0 Å². The largest absolute Gasteiger partial charge is 0.497 e. The van der Waals surface area contributed by atoms with Crippen LogP contribution in [0, 0.1) is 0 Å². The van der Waals surface area contributed by atoms with Crippen LogP contribution in [0.15, 0.2) is 48.5 Å². The zero-order valence-electron chi connectivity index (χ0n) is 11.4. The number of methoxy groups -OCH3 is 1. The topological polar surface area (TPSA) is 64.3 Å². The summed E-state index contributed by atoms with van der Waals surface area (Å²) in [6.45, 7) is 0.945. The molecule has 0 heterocycles. The van der Waals surface area contributed by atoms with Crippen molar-refractivity contribution in [2.24, 2.45) is 5.73 Å². The number of carbonyl (C=O) groups excluding carboxylic acids is 1. The lowest BCUT2D eigenvalue weighted by atomic mass is 10.1. The van der Waals surface area contributed by atoms with Gasteiger partial charge in [0.2, 0.25) is 0 Å². The molecule has 2 rings (SSSR count). The Kier molecular flexibility index (Phi) is 4.74. The number of hydrogen-bond donors (Lipinski definition) is 2. The summed E-state index contributed by atoms with van der Waals surface area (Å²) >= 11 is 0. The second-order valence-electron chi connectivity index (χ2n) is 4.44. The zero-order valence-corrected chi connectivity index (χ0v) is 11.4. The Labute approximate surface area is 118 Å². The van der Waals surface area contributed by atoms with Gasteiger partial charge in [-0.2, -0.15) is 0 Å². The van der Waals surface area contributed by atoms with Crippen molar-refractivity contribution in [2.45, 2.75) is 13.1 Å². The van der Waals surface area contributed by atoms with Gasteiger partial charge in [-0.25, -0.2) is 0 Å². The average Bonchev–Trinajstić information content (AvgIpc) is 2.53. The highest BCUT2D eigenvalue weighted by atomic mass is 16.5. The standard InChI is InChI=1S/C16H18N2O2/c1-20-15-4-2-3-13(9-15)11-18-16(19)14-7-5-12(10-17)6-8-14/h2-9H,10-11,17H2,1H3,(H,18,19). The molecule has 104 valence electrons. The van der Waals surface area contributed by atoms with Gasteiger partial charge in [-0.05, 0) is 35.4 Å². The Balaban J connectivity index is 1.97. The molecule has 0 unspecified atom stereocenters. The highest BCUT2D eigenvalue weighted by Gasteiger charge is 2.05. The van der Waals surface area contributed by atoms with Crippen LogP contribution in [0.1, 0.15) is 21.5 Å². The van der Waals surface area contributed by atoms with Crippen molar-refractivity contribution in [1.82, 2.24) is 5.32 Å². The van der Waals surface area contributed by atoms with E-state index in [0.29, 0.717) is 18.7 Å². The Morgan fingerprint density at radius 3 is 2.55 bits per heavy atom.